The molecule has 0 spiro atoms. The summed E-state index contributed by atoms with van der Waals surface area (Å²) in [5.74, 6) is -0.769. The molecular formula is C7H10O2. The summed E-state index contributed by atoms with van der Waals surface area (Å²) in [6.07, 6.45) is 6.44. The molecule has 1 atom stereocenters. The van der Waals surface area contributed by atoms with Crippen LogP contribution in [0.4, 0.5) is 0 Å². The molecule has 2 heteroatoms. The molecule has 9 heavy (non-hydrogen) atoms. The lowest BCUT2D eigenvalue weighted by Gasteiger charge is -2.11. The zero-order valence-corrected chi connectivity index (χ0v) is 5.21. The van der Waals surface area contributed by atoms with Crippen molar-refractivity contribution in [1.29, 1.82) is 0 Å². The molecule has 0 aromatic carbocycles. The minimum absolute atomic E-state index is 0.116. The Morgan fingerprint density at radius 1 is 1.56 bits per heavy atom. The van der Waals surface area contributed by atoms with Gasteiger partial charge in [-0.25, -0.2) is 0 Å². The van der Waals surface area contributed by atoms with Gasteiger partial charge in [0.1, 0.15) is 0 Å². The second kappa shape index (κ2) is 2.67. The maximum Gasteiger partial charge on any atom is 0.306 e. The third-order valence-electron chi connectivity index (χ3n) is 1.62. The van der Waals surface area contributed by atoms with Crippen LogP contribution in [0.5, 0.6) is 0 Å². The third-order valence-corrected chi connectivity index (χ3v) is 1.62. The summed E-state index contributed by atoms with van der Waals surface area (Å²) in [6, 6.07) is 0. The van der Waals surface area contributed by atoms with Crippen LogP contribution in [-0.4, -0.2) is 11.1 Å². The first-order valence-electron chi connectivity index (χ1n) is 3.18. The minimum Gasteiger partial charge on any atom is -0.481 e. The first-order chi connectivity index (χ1) is 4.30. The monoisotopic (exact) mass is 130 g/mol. The van der Waals surface area contributed by atoms with Gasteiger partial charge in [-0.15, -0.1) is 0 Å². The molecule has 0 radical (unpaired) electrons. The van der Waals surface area contributed by atoms with Gasteiger partial charge in [0, 0.05) is 0 Å². The van der Waals surface area contributed by atoms with Gasteiger partial charge in [0.05, 0.1) is 5.92 Å². The molecule has 0 saturated carbocycles. The Morgan fingerprint density at radius 2 is 2.33 bits per heavy atom. The lowest BCUT2D eigenvalue weighted by atomic mass is 10.3. The molecule has 50 valence electrons. The second-order valence-electron chi connectivity index (χ2n) is 2.32. The summed E-state index contributed by atoms with van der Waals surface area (Å²) < 4.78 is 0. The first kappa shape index (κ1) is 6.33. The standard InChI is InChI=1S/C7H10O2/c8-7(9)6-4-2-1-3-5-6/h1-2,6H,3-5H2,(H,8,9)/t6-/m0/s1/i6+2,7+2. The van der Waals surface area contributed by atoms with Crippen molar-refractivity contribution in [3.8, 4) is 0 Å². The van der Waals surface area contributed by atoms with Crippen LogP contribution < -0.4 is 0 Å². The van der Waals surface area contributed by atoms with E-state index >= 15 is 0 Å². The summed E-state index contributed by atoms with van der Waals surface area (Å²) in [6.45, 7) is 0. The quantitative estimate of drug-likeness (QED) is 0.545. The van der Waals surface area contributed by atoms with Crippen molar-refractivity contribution in [2.24, 2.45) is 5.92 Å². The van der Waals surface area contributed by atoms with Crippen molar-refractivity contribution in [3.63, 3.8) is 0 Å². The minimum atomic E-state index is -0.653. The van der Waals surface area contributed by atoms with E-state index in [0.717, 1.165) is 19.3 Å². The molecule has 0 unspecified atom stereocenters. The topological polar surface area (TPSA) is 37.3 Å². The molecule has 1 N–H and O–H groups in total. The highest BCUT2D eigenvalue weighted by Gasteiger charge is 2.16. The number of carboxylic acids is 1. The van der Waals surface area contributed by atoms with Crippen molar-refractivity contribution in [1.82, 2.24) is 0 Å². The number of carbonyl (C=O) groups is 1. The van der Waals surface area contributed by atoms with Crippen LogP contribution >= 0.6 is 0 Å². The van der Waals surface area contributed by atoms with Crippen LogP contribution in [0.3, 0.4) is 0 Å². The summed E-state index contributed by atoms with van der Waals surface area (Å²) in [4.78, 5) is 10.3. The molecule has 0 heterocycles. The van der Waals surface area contributed by atoms with Crippen LogP contribution in [0.1, 0.15) is 19.3 Å². The summed E-state index contributed by atoms with van der Waals surface area (Å²) in [5, 5.41) is 8.50. The van der Waals surface area contributed by atoms with Gasteiger partial charge in [-0.1, -0.05) is 12.2 Å². The highest BCUT2D eigenvalue weighted by Crippen LogP contribution is 2.17. The van der Waals surface area contributed by atoms with E-state index in [1.165, 1.54) is 0 Å². The fourth-order valence-electron chi connectivity index (χ4n) is 1.02. The zero-order chi connectivity index (χ0) is 6.69. The lowest BCUT2D eigenvalue weighted by molar-refractivity contribution is -0.141. The molecule has 0 bridgehead atoms. The summed E-state index contributed by atoms with van der Waals surface area (Å²) in [7, 11) is 0. The SMILES string of the molecule is O=[14C](O)[14C@H]1CC=CCC1. The number of hydrogen-bond donors (Lipinski definition) is 1. The average Bonchev–Trinajstić information content (AvgIpc) is 1.90. The number of carboxylic acid groups (broad SMARTS) is 1. The Kier molecular flexibility index (Phi) is 1.88. The van der Waals surface area contributed by atoms with Gasteiger partial charge in [-0.2, -0.15) is 0 Å². The van der Waals surface area contributed by atoms with Gasteiger partial charge < -0.3 is 5.11 Å². The van der Waals surface area contributed by atoms with Gasteiger partial charge >= 0.3 is 5.97 Å². The molecule has 1 aliphatic carbocycles. The Morgan fingerprint density at radius 3 is 2.67 bits per heavy atom. The number of aliphatic carboxylic acids is 1. The summed E-state index contributed by atoms with van der Waals surface area (Å²) in [5.41, 5.74) is 0. The summed E-state index contributed by atoms with van der Waals surface area (Å²) >= 11 is 0. The van der Waals surface area contributed by atoms with E-state index in [1.807, 2.05) is 12.2 Å². The van der Waals surface area contributed by atoms with Crippen molar-refractivity contribution < 1.29 is 9.90 Å². The van der Waals surface area contributed by atoms with Crippen molar-refractivity contribution in [2.75, 3.05) is 0 Å². The van der Waals surface area contributed by atoms with E-state index < -0.39 is 5.97 Å². The van der Waals surface area contributed by atoms with Gasteiger partial charge in [0.2, 0.25) is 0 Å². The van der Waals surface area contributed by atoms with Crippen LogP contribution in [0.2, 0.25) is 0 Å². The van der Waals surface area contributed by atoms with E-state index in [2.05, 4.69) is 0 Å². The Hall–Kier alpha value is -0.790. The van der Waals surface area contributed by atoms with E-state index in [9.17, 15) is 4.79 Å². The number of allylic oxidation sites excluding steroid dienone is 2. The molecule has 0 saturated heterocycles. The largest absolute Gasteiger partial charge is 0.481 e. The molecule has 2 nitrogen and oxygen atoms in total. The van der Waals surface area contributed by atoms with Crippen molar-refractivity contribution in [2.45, 2.75) is 19.3 Å². The van der Waals surface area contributed by atoms with Gasteiger partial charge in [0.25, 0.3) is 0 Å². The highest BCUT2D eigenvalue weighted by molar-refractivity contribution is 5.70. The fraction of sp³-hybridized carbons (Fsp3) is 0.571. The van der Waals surface area contributed by atoms with Crippen molar-refractivity contribution >= 4 is 5.97 Å². The van der Waals surface area contributed by atoms with E-state index in [0.29, 0.717) is 0 Å². The maximum atomic E-state index is 10.3. The molecular weight excluding hydrogens is 120 g/mol. The molecule has 0 aromatic heterocycles. The lowest BCUT2D eigenvalue weighted by Crippen LogP contribution is -2.13. The van der Waals surface area contributed by atoms with Crippen LogP contribution in [0.15, 0.2) is 12.2 Å². The van der Waals surface area contributed by atoms with E-state index in [4.69, 9.17) is 5.11 Å². The van der Waals surface area contributed by atoms with E-state index in [-0.39, 0.29) is 5.92 Å². The smallest absolute Gasteiger partial charge is 0.306 e. The predicted molar refractivity (Wildman–Crippen MR) is 34.1 cm³/mol. The van der Waals surface area contributed by atoms with Crippen LogP contribution in [-0.2, 0) is 4.79 Å². The van der Waals surface area contributed by atoms with Gasteiger partial charge in [-0.3, -0.25) is 4.79 Å². The molecule has 0 aromatic rings. The van der Waals surface area contributed by atoms with Crippen molar-refractivity contribution in [3.05, 3.63) is 12.2 Å². The fourth-order valence-corrected chi connectivity index (χ4v) is 1.02. The zero-order valence-electron chi connectivity index (χ0n) is 5.21. The van der Waals surface area contributed by atoms with Gasteiger partial charge in [0.15, 0.2) is 0 Å². The molecule has 0 amide bonds. The predicted octanol–water partition coefficient (Wildman–Crippen LogP) is 1.43. The average molecular weight is 130 g/mol. The maximum absolute atomic E-state index is 10.3. The Bertz CT molecular complexity index is 138. The molecule has 0 fully saturated rings. The molecule has 1 aliphatic rings. The Labute approximate surface area is 54.2 Å². The number of rotatable bonds is 1. The second-order valence-corrected chi connectivity index (χ2v) is 2.32. The van der Waals surface area contributed by atoms with Crippen LogP contribution in [0.25, 0.3) is 0 Å². The van der Waals surface area contributed by atoms with Crippen LogP contribution in [0, 0.1) is 5.92 Å². The van der Waals surface area contributed by atoms with E-state index in [1.54, 1.807) is 0 Å². The molecule has 1 rings (SSSR count). The highest BCUT2D eigenvalue weighted by atomic mass is 16.7. The third kappa shape index (κ3) is 1.56. The molecule has 0 aliphatic heterocycles. The first-order valence-corrected chi connectivity index (χ1v) is 3.18. The normalized spacial score (nSPS) is 26.0. The number of hydrogen-bond acceptors (Lipinski definition) is 1. The van der Waals surface area contributed by atoms with Gasteiger partial charge in [-0.05, 0) is 19.3 Å². The Balaban J connectivity index is 2.44.